The van der Waals surface area contributed by atoms with Crippen LogP contribution in [0.25, 0.3) is 0 Å². The molecule has 2 N–H and O–H groups in total. The molecule has 1 unspecified atom stereocenters. The van der Waals surface area contributed by atoms with Crippen molar-refractivity contribution in [1.82, 2.24) is 10.6 Å². The van der Waals surface area contributed by atoms with Gasteiger partial charge in [-0.15, -0.1) is 0 Å². The van der Waals surface area contributed by atoms with Gasteiger partial charge in [-0.1, -0.05) is 0 Å². The van der Waals surface area contributed by atoms with E-state index in [1.807, 2.05) is 0 Å². The van der Waals surface area contributed by atoms with Gasteiger partial charge in [0.05, 0.1) is 6.61 Å². The molecule has 0 aromatic heterocycles. The van der Waals surface area contributed by atoms with Crippen molar-refractivity contribution < 1.29 is 22.7 Å². The highest BCUT2D eigenvalue weighted by atomic mass is 19.4. The van der Waals surface area contributed by atoms with Gasteiger partial charge in [0.25, 0.3) is 0 Å². The van der Waals surface area contributed by atoms with Crippen molar-refractivity contribution in [3.05, 3.63) is 0 Å². The summed E-state index contributed by atoms with van der Waals surface area (Å²) in [5, 5.41) is 5.92. The highest BCUT2D eigenvalue weighted by Gasteiger charge is 2.27. The standard InChI is InChI=1S/C13H23F3N2O2/c1-10(8-20-9-13(14,15)16)18-12(19)3-2-11-4-6-17-7-5-11/h10-11,17H,2-9H2,1H3,(H,18,19). The maximum Gasteiger partial charge on any atom is 0.411 e. The second kappa shape index (κ2) is 8.46. The SMILES string of the molecule is CC(COCC(F)(F)F)NC(=O)CCC1CCNCC1. The summed E-state index contributed by atoms with van der Waals surface area (Å²) in [6, 6.07) is -0.405. The first-order chi connectivity index (χ1) is 9.37. The molecule has 0 spiro atoms. The van der Waals surface area contributed by atoms with Crippen LogP contribution in [0.5, 0.6) is 0 Å². The van der Waals surface area contributed by atoms with Crippen LogP contribution in [0.3, 0.4) is 0 Å². The monoisotopic (exact) mass is 296 g/mol. The van der Waals surface area contributed by atoms with E-state index in [0.717, 1.165) is 32.4 Å². The van der Waals surface area contributed by atoms with Crippen LogP contribution >= 0.6 is 0 Å². The van der Waals surface area contributed by atoms with E-state index in [2.05, 4.69) is 15.4 Å². The first-order valence-electron chi connectivity index (χ1n) is 7.01. The third-order valence-corrected chi connectivity index (χ3v) is 3.28. The highest BCUT2D eigenvalue weighted by molar-refractivity contribution is 5.76. The van der Waals surface area contributed by atoms with E-state index in [0.29, 0.717) is 12.3 Å². The summed E-state index contributed by atoms with van der Waals surface area (Å²) in [4.78, 5) is 11.7. The van der Waals surface area contributed by atoms with E-state index in [1.165, 1.54) is 0 Å². The number of hydrogen-bond donors (Lipinski definition) is 2. The Labute approximate surface area is 117 Å². The van der Waals surface area contributed by atoms with Crippen LogP contribution in [0.1, 0.15) is 32.6 Å². The zero-order chi connectivity index (χ0) is 15.0. The number of rotatable bonds is 7. The number of amides is 1. The molecular weight excluding hydrogens is 273 g/mol. The van der Waals surface area contributed by atoms with Crippen molar-refractivity contribution in [2.45, 2.75) is 44.8 Å². The number of carbonyl (C=O) groups excluding carboxylic acids is 1. The van der Waals surface area contributed by atoms with E-state index in [4.69, 9.17) is 0 Å². The van der Waals surface area contributed by atoms with Gasteiger partial charge in [-0.3, -0.25) is 4.79 Å². The number of halogens is 3. The van der Waals surface area contributed by atoms with Crippen molar-refractivity contribution in [2.24, 2.45) is 5.92 Å². The Kier molecular flexibility index (Phi) is 7.29. The number of ether oxygens (including phenoxy) is 1. The largest absolute Gasteiger partial charge is 0.411 e. The fourth-order valence-corrected chi connectivity index (χ4v) is 2.25. The fourth-order valence-electron chi connectivity index (χ4n) is 2.25. The summed E-state index contributed by atoms with van der Waals surface area (Å²) < 4.78 is 40.1. The molecule has 20 heavy (non-hydrogen) atoms. The van der Waals surface area contributed by atoms with Gasteiger partial charge in [0, 0.05) is 12.5 Å². The van der Waals surface area contributed by atoms with Crippen LogP contribution in [-0.4, -0.2) is 44.4 Å². The Balaban J connectivity index is 2.08. The number of hydrogen-bond acceptors (Lipinski definition) is 3. The van der Waals surface area contributed by atoms with Crippen molar-refractivity contribution in [3.8, 4) is 0 Å². The summed E-state index contributed by atoms with van der Waals surface area (Å²) in [5.41, 5.74) is 0. The van der Waals surface area contributed by atoms with Crippen LogP contribution < -0.4 is 10.6 Å². The van der Waals surface area contributed by atoms with Gasteiger partial charge >= 0.3 is 6.18 Å². The number of alkyl halides is 3. The Morgan fingerprint density at radius 1 is 1.40 bits per heavy atom. The number of carbonyl (C=O) groups is 1. The van der Waals surface area contributed by atoms with Crippen LogP contribution in [0.2, 0.25) is 0 Å². The molecule has 1 fully saturated rings. The lowest BCUT2D eigenvalue weighted by atomic mass is 9.93. The van der Waals surface area contributed by atoms with Crippen LogP contribution in [0.4, 0.5) is 13.2 Å². The van der Waals surface area contributed by atoms with Gasteiger partial charge in [0.2, 0.25) is 5.91 Å². The van der Waals surface area contributed by atoms with Gasteiger partial charge < -0.3 is 15.4 Å². The Hall–Kier alpha value is -0.820. The van der Waals surface area contributed by atoms with Crippen LogP contribution in [0, 0.1) is 5.92 Å². The predicted molar refractivity (Wildman–Crippen MR) is 69.3 cm³/mol. The van der Waals surface area contributed by atoms with E-state index in [1.54, 1.807) is 6.92 Å². The second-order valence-electron chi connectivity index (χ2n) is 5.33. The second-order valence-corrected chi connectivity index (χ2v) is 5.33. The molecule has 0 saturated carbocycles. The molecule has 118 valence electrons. The van der Waals surface area contributed by atoms with E-state index < -0.39 is 18.8 Å². The Morgan fingerprint density at radius 2 is 2.05 bits per heavy atom. The summed E-state index contributed by atoms with van der Waals surface area (Å²) >= 11 is 0. The van der Waals surface area contributed by atoms with Gasteiger partial charge in [-0.25, -0.2) is 0 Å². The van der Waals surface area contributed by atoms with Gasteiger partial charge in [0.1, 0.15) is 6.61 Å². The van der Waals surface area contributed by atoms with Gasteiger partial charge in [-0.05, 0) is 45.2 Å². The molecule has 7 heteroatoms. The first kappa shape index (κ1) is 17.2. The Morgan fingerprint density at radius 3 is 2.65 bits per heavy atom. The van der Waals surface area contributed by atoms with Crippen molar-refractivity contribution >= 4 is 5.91 Å². The Bertz CT molecular complexity index is 292. The summed E-state index contributed by atoms with van der Waals surface area (Å²) in [6.45, 7) is 2.22. The molecule has 1 saturated heterocycles. The number of nitrogens with one attached hydrogen (secondary N) is 2. The van der Waals surface area contributed by atoms with E-state index >= 15 is 0 Å². The predicted octanol–water partition coefficient (Wildman–Crippen LogP) is 1.85. The topological polar surface area (TPSA) is 50.4 Å². The molecule has 1 heterocycles. The third-order valence-electron chi connectivity index (χ3n) is 3.28. The minimum atomic E-state index is -4.32. The minimum Gasteiger partial charge on any atom is -0.370 e. The highest BCUT2D eigenvalue weighted by Crippen LogP contribution is 2.17. The molecule has 0 aliphatic carbocycles. The lowest BCUT2D eigenvalue weighted by Crippen LogP contribution is -2.37. The molecule has 0 radical (unpaired) electrons. The maximum atomic E-state index is 11.9. The average molecular weight is 296 g/mol. The van der Waals surface area contributed by atoms with Gasteiger partial charge in [0.15, 0.2) is 0 Å². The summed E-state index contributed by atoms with van der Waals surface area (Å²) in [6.07, 6.45) is -0.897. The average Bonchev–Trinajstić information content (AvgIpc) is 2.36. The van der Waals surface area contributed by atoms with Crippen LogP contribution in [0.15, 0.2) is 0 Å². The van der Waals surface area contributed by atoms with E-state index in [9.17, 15) is 18.0 Å². The third kappa shape index (κ3) is 8.37. The lowest BCUT2D eigenvalue weighted by molar-refractivity contribution is -0.175. The smallest absolute Gasteiger partial charge is 0.370 e. The lowest BCUT2D eigenvalue weighted by Gasteiger charge is -2.22. The molecule has 1 rings (SSSR count). The number of piperidine rings is 1. The molecule has 0 aromatic carbocycles. The van der Waals surface area contributed by atoms with Crippen LogP contribution in [-0.2, 0) is 9.53 Å². The summed E-state index contributed by atoms with van der Waals surface area (Å²) in [7, 11) is 0. The first-order valence-corrected chi connectivity index (χ1v) is 7.01. The molecule has 1 amide bonds. The van der Waals surface area contributed by atoms with Crippen molar-refractivity contribution in [1.29, 1.82) is 0 Å². The normalized spacial score (nSPS) is 18.8. The quantitative estimate of drug-likeness (QED) is 0.754. The zero-order valence-electron chi connectivity index (χ0n) is 11.8. The molecule has 0 bridgehead atoms. The van der Waals surface area contributed by atoms with Crippen molar-refractivity contribution in [2.75, 3.05) is 26.3 Å². The molecule has 1 aliphatic rings. The summed E-state index contributed by atoms with van der Waals surface area (Å²) in [5.74, 6) is 0.449. The minimum absolute atomic E-state index is 0.119. The molecule has 1 aliphatic heterocycles. The molecular formula is C13H23F3N2O2. The molecule has 0 aromatic rings. The maximum absolute atomic E-state index is 11.9. The van der Waals surface area contributed by atoms with Gasteiger partial charge in [-0.2, -0.15) is 13.2 Å². The zero-order valence-corrected chi connectivity index (χ0v) is 11.8. The van der Waals surface area contributed by atoms with Crippen molar-refractivity contribution in [3.63, 3.8) is 0 Å². The molecule has 1 atom stereocenters. The fraction of sp³-hybridized carbons (Fsp3) is 0.923. The molecule has 4 nitrogen and oxygen atoms in total. The van der Waals surface area contributed by atoms with E-state index in [-0.39, 0.29) is 12.5 Å².